The molecule has 0 saturated carbocycles. The minimum atomic E-state index is -3.73. The topological polar surface area (TPSA) is 249 Å². The molecule has 0 amide bonds. The van der Waals surface area contributed by atoms with Gasteiger partial charge < -0.3 is 30.4 Å². The number of anilines is 2. The molecule has 0 bridgehead atoms. The molecule has 54 heavy (non-hydrogen) atoms. The molecule has 0 aliphatic heterocycles. The Morgan fingerprint density at radius 2 is 1.00 bits per heavy atom. The third-order valence-electron chi connectivity index (χ3n) is 9.03. The Morgan fingerprint density at radius 3 is 1.33 bits per heavy atom. The lowest BCUT2D eigenvalue weighted by Gasteiger charge is -2.29. The monoisotopic (exact) mass is 792 g/mol. The van der Waals surface area contributed by atoms with Gasteiger partial charge in [-0.05, 0) is 63.8 Å². The first kappa shape index (κ1) is 39.1. The maximum atomic E-state index is 14.6. The average Bonchev–Trinajstić information content (AvgIpc) is 3.73. The number of aromatic nitrogens is 8. The van der Waals surface area contributed by atoms with E-state index in [0.717, 1.165) is 11.1 Å². The largest absolute Gasteiger partial charge is 0.382 e. The van der Waals surface area contributed by atoms with Crippen LogP contribution in [0.2, 0.25) is 0 Å². The Balaban J connectivity index is 1.40. The number of nitrogens with zero attached hydrogens (tertiary/aromatic N) is 8. The number of fused-ring (bicyclic) bond motifs is 2. The molecular weight excluding hydrogens is 753 g/mol. The van der Waals surface area contributed by atoms with Crippen molar-refractivity contribution in [2.24, 2.45) is 0 Å². The molecule has 6 atom stereocenters. The van der Waals surface area contributed by atoms with Gasteiger partial charge in [0.2, 0.25) is 0 Å². The maximum absolute atomic E-state index is 14.6. The van der Waals surface area contributed by atoms with E-state index in [1.54, 1.807) is 27.7 Å². The van der Waals surface area contributed by atoms with E-state index in [1.807, 2.05) is 38.1 Å². The molecule has 4 aromatic heterocycles. The van der Waals surface area contributed by atoms with Crippen molar-refractivity contribution >= 4 is 71.4 Å². The summed E-state index contributed by atoms with van der Waals surface area (Å²) in [4.78, 5) is 75.9. The van der Waals surface area contributed by atoms with Crippen molar-refractivity contribution in [2.45, 2.75) is 65.3 Å². The third kappa shape index (κ3) is 7.41. The summed E-state index contributed by atoms with van der Waals surface area (Å²) < 4.78 is 28.6. The van der Waals surface area contributed by atoms with Gasteiger partial charge in [0.15, 0.2) is 34.5 Å². The quantitative estimate of drug-likeness (QED) is 0.0856. The summed E-state index contributed by atoms with van der Waals surface area (Å²) in [6.45, 7) is 11.0. The molecule has 20 heteroatoms. The van der Waals surface area contributed by atoms with Crippen LogP contribution in [0.4, 0.5) is 11.6 Å². The van der Waals surface area contributed by atoms with E-state index < -0.39 is 61.2 Å². The predicted molar refractivity (Wildman–Crippen MR) is 207 cm³/mol. The zero-order valence-corrected chi connectivity index (χ0v) is 33.1. The van der Waals surface area contributed by atoms with Crippen LogP contribution in [-0.4, -0.2) is 72.1 Å². The van der Waals surface area contributed by atoms with Crippen molar-refractivity contribution in [1.29, 1.82) is 0 Å². The van der Waals surface area contributed by atoms with E-state index >= 15 is 0 Å². The average molecular weight is 793 g/mol. The third-order valence-corrected chi connectivity index (χ3v) is 11.8. The van der Waals surface area contributed by atoms with Crippen LogP contribution in [0.15, 0.2) is 49.6 Å². The molecule has 6 N–H and O–H groups in total. The van der Waals surface area contributed by atoms with Gasteiger partial charge >= 0.3 is 8.25 Å². The van der Waals surface area contributed by atoms with Gasteiger partial charge in [-0.2, -0.15) is 0 Å². The molecule has 6 rings (SSSR count). The molecular formula is C34H39N10O7P3. The van der Waals surface area contributed by atoms with Gasteiger partial charge in [-0.1, -0.05) is 35.4 Å². The van der Waals surface area contributed by atoms with Crippen molar-refractivity contribution in [3.63, 3.8) is 0 Å². The van der Waals surface area contributed by atoms with Crippen molar-refractivity contribution < 1.29 is 33.0 Å². The van der Waals surface area contributed by atoms with Crippen LogP contribution in [0.5, 0.6) is 0 Å². The Morgan fingerprint density at radius 1 is 0.648 bits per heavy atom. The van der Waals surface area contributed by atoms with Crippen molar-refractivity contribution in [3.05, 3.63) is 94.1 Å². The van der Waals surface area contributed by atoms with Crippen LogP contribution < -0.4 is 11.5 Å². The molecule has 282 valence electrons. The summed E-state index contributed by atoms with van der Waals surface area (Å²) >= 11 is 0. The van der Waals surface area contributed by atoms with Crippen LogP contribution in [0.25, 0.3) is 22.3 Å². The highest BCUT2D eigenvalue weighted by Gasteiger charge is 2.39. The second-order valence-corrected chi connectivity index (χ2v) is 15.5. The molecule has 0 aliphatic carbocycles. The highest BCUT2D eigenvalue weighted by atomic mass is 31.1. The minimum Gasteiger partial charge on any atom is -0.382 e. The number of carbonyl (C=O) groups excluding carboxylic acids is 2. The number of ketones is 2. The van der Waals surface area contributed by atoms with Gasteiger partial charge in [-0.25, -0.2) is 29.9 Å². The van der Waals surface area contributed by atoms with Crippen LogP contribution in [0, 0.1) is 41.5 Å². The molecule has 6 unspecified atom stereocenters. The number of aryl methyl sites for hydroxylation is 6. The molecule has 17 nitrogen and oxygen atoms in total. The smallest absolute Gasteiger partial charge is 0.320 e. The second kappa shape index (κ2) is 16.0. The molecule has 2 aromatic carbocycles. The Labute approximate surface area is 313 Å². The van der Waals surface area contributed by atoms with Crippen molar-refractivity contribution in [3.8, 4) is 0 Å². The number of hydrogen-bond donors (Lipinski definition) is 4. The second-order valence-electron chi connectivity index (χ2n) is 12.9. The summed E-state index contributed by atoms with van der Waals surface area (Å²) in [7, 11) is -5.95. The normalized spacial score (nSPS) is 15.0. The summed E-state index contributed by atoms with van der Waals surface area (Å²) in [5.74, 6) is -3.79. The summed E-state index contributed by atoms with van der Waals surface area (Å²) in [6, 6.07) is 4.68. The molecule has 0 saturated heterocycles. The van der Waals surface area contributed by atoms with Crippen LogP contribution in [0.1, 0.15) is 66.2 Å². The minimum absolute atomic E-state index is 0.0639. The highest BCUT2D eigenvalue weighted by Crippen LogP contribution is 2.45. The number of Topliss-reactive ketones (excluding diaryl/α,β-unsaturated/α-hetero) is 2. The zero-order valence-electron chi connectivity index (χ0n) is 30.1. The fraction of sp³-hybridized carbons (Fsp3) is 0.294. The number of nitrogens with two attached hydrogens (primary N) is 2. The van der Waals surface area contributed by atoms with Gasteiger partial charge in [0.1, 0.15) is 47.5 Å². The van der Waals surface area contributed by atoms with Crippen LogP contribution >= 0.6 is 25.9 Å². The van der Waals surface area contributed by atoms with Gasteiger partial charge in [0.25, 0.3) is 0 Å². The highest BCUT2D eigenvalue weighted by molar-refractivity contribution is 7.38. The SMILES string of the molecule is Cc1cc(C)c(C(=O)C(C(O[PH](=O)OC(PO)C(C(=O)c2c(C)cc(C)cc2C)n2cnc3c(N)ncnc32)PO)n2cnc3c(N)ncnc32)c(C)c1. The molecule has 0 spiro atoms. The molecule has 0 aliphatic rings. The number of carbonyl (C=O) groups is 2. The first-order valence-corrected chi connectivity index (χ1v) is 19.8. The van der Waals surface area contributed by atoms with Gasteiger partial charge in [0, 0.05) is 28.7 Å². The fourth-order valence-corrected chi connectivity index (χ4v) is 9.59. The van der Waals surface area contributed by atoms with Gasteiger partial charge in [-0.3, -0.25) is 23.2 Å². The molecule has 0 fully saturated rings. The molecule has 0 radical (unpaired) electrons. The molecule has 4 heterocycles. The fourth-order valence-electron chi connectivity index (χ4n) is 6.96. The van der Waals surface area contributed by atoms with E-state index in [0.29, 0.717) is 33.4 Å². The number of benzene rings is 2. The number of hydrogen-bond acceptors (Lipinski definition) is 15. The van der Waals surface area contributed by atoms with E-state index in [2.05, 4.69) is 29.9 Å². The van der Waals surface area contributed by atoms with Crippen molar-refractivity contribution in [2.75, 3.05) is 11.5 Å². The van der Waals surface area contributed by atoms with Gasteiger partial charge in [0.05, 0.1) is 12.7 Å². The summed E-state index contributed by atoms with van der Waals surface area (Å²) in [5.41, 5.74) is 18.2. The van der Waals surface area contributed by atoms with Gasteiger partial charge in [-0.15, -0.1) is 0 Å². The zero-order chi connectivity index (χ0) is 39.0. The lowest BCUT2D eigenvalue weighted by molar-refractivity contribution is 0.0799. The Kier molecular flexibility index (Phi) is 11.6. The first-order valence-electron chi connectivity index (χ1n) is 16.5. The van der Waals surface area contributed by atoms with E-state index in [9.17, 15) is 23.9 Å². The van der Waals surface area contributed by atoms with E-state index in [-0.39, 0.29) is 34.0 Å². The van der Waals surface area contributed by atoms with E-state index in [1.165, 1.54) is 34.4 Å². The Hall–Kier alpha value is -4.59. The van der Waals surface area contributed by atoms with Crippen LogP contribution in [-0.2, 0) is 13.6 Å². The summed E-state index contributed by atoms with van der Waals surface area (Å²) in [5, 5.41) is 0. The maximum Gasteiger partial charge on any atom is 0.320 e. The Bertz CT molecular complexity index is 2230. The lowest BCUT2D eigenvalue weighted by atomic mass is 9.93. The van der Waals surface area contributed by atoms with E-state index in [4.69, 9.17) is 20.5 Å². The van der Waals surface area contributed by atoms with Crippen LogP contribution in [0.3, 0.4) is 0 Å². The first-order chi connectivity index (χ1) is 25.7. The lowest BCUT2D eigenvalue weighted by Crippen LogP contribution is -2.32. The number of imidazole rings is 2. The number of nitrogen functional groups attached to an aromatic ring is 2. The standard InChI is InChI=1S/C34H39N10O7P3/c1-15-7-17(3)21(18(4)8-15)27(45)25(43-13-41-23-29(35)37-11-39-31(23)43)33(52-47)50-54(49)51-34(53-48)26(28(46)22-19(5)9-16(2)10-20(22)6)44-14-42-24-30(36)38-12-40-32(24)44/h7-14,25-26,33-34,47-48,52-54H,1-6H3,(H2,35,37,39)(H2,36,38,40). The predicted octanol–water partition coefficient (Wildman–Crippen LogP) is 4.78. The van der Waals surface area contributed by atoms with Crippen molar-refractivity contribution in [1.82, 2.24) is 39.0 Å². The molecule has 6 aromatic rings. The summed E-state index contributed by atoms with van der Waals surface area (Å²) in [6.07, 6.45) is 5.07. The number of rotatable bonds is 14.